The summed E-state index contributed by atoms with van der Waals surface area (Å²) in [7, 11) is 4.45. The molecule has 2 aromatic rings. The van der Waals surface area contributed by atoms with Gasteiger partial charge in [-0.05, 0) is 29.8 Å². The van der Waals surface area contributed by atoms with Crippen LogP contribution in [0.1, 0.15) is 11.1 Å². The summed E-state index contributed by atoms with van der Waals surface area (Å²) in [6.07, 6.45) is 0. The molecule has 0 heterocycles. The van der Waals surface area contributed by atoms with Gasteiger partial charge in [0.15, 0.2) is 0 Å². The van der Waals surface area contributed by atoms with E-state index in [0.29, 0.717) is 22.6 Å². The fraction of sp³-hybridized carbons (Fsp3) is 0.200. The maximum Gasteiger partial charge on any atom is 0.147 e. The zero-order valence-corrected chi connectivity index (χ0v) is 14.5. The zero-order chi connectivity index (χ0) is 18.6. The Balaban J connectivity index is 2.73. The summed E-state index contributed by atoms with van der Waals surface area (Å²) < 4.78 is 29.1. The summed E-state index contributed by atoms with van der Waals surface area (Å²) in [6, 6.07) is 10.5. The van der Waals surface area contributed by atoms with Gasteiger partial charge in [0.2, 0.25) is 0 Å². The minimum Gasteiger partial charge on any atom is -0.497 e. The van der Waals surface area contributed by atoms with Gasteiger partial charge in [-0.15, -0.1) is 0 Å². The monoisotopic (exact) mass is 344 g/mol. The first-order chi connectivity index (χ1) is 11.9. The Labute approximate surface area is 146 Å². The Morgan fingerprint density at radius 2 is 1.64 bits per heavy atom. The highest BCUT2D eigenvalue weighted by Gasteiger charge is 2.39. The average Bonchev–Trinajstić information content (AvgIpc) is 2.66. The number of ether oxygens (including phenoxy) is 3. The third-order valence-electron chi connectivity index (χ3n) is 4.08. The standard InChI is InChI=1S/C20H21FO4/c1-13(14(2)23-3)20(22,15-6-8-16(21)9-7-15)18-11-10-17(24-4)12-19(18)25-5/h6-12,22H,1-2H2,3-5H3. The molecule has 0 aliphatic rings. The summed E-state index contributed by atoms with van der Waals surface area (Å²) in [5.74, 6) is 0.739. The van der Waals surface area contributed by atoms with Crippen LogP contribution in [-0.2, 0) is 10.3 Å². The van der Waals surface area contributed by atoms with Crippen molar-refractivity contribution in [3.63, 3.8) is 0 Å². The molecule has 4 nitrogen and oxygen atoms in total. The van der Waals surface area contributed by atoms with Crippen LogP contribution < -0.4 is 9.47 Å². The highest BCUT2D eigenvalue weighted by molar-refractivity contribution is 5.55. The van der Waals surface area contributed by atoms with Gasteiger partial charge in [-0.1, -0.05) is 25.3 Å². The third-order valence-corrected chi connectivity index (χ3v) is 4.08. The fourth-order valence-electron chi connectivity index (χ4n) is 2.61. The van der Waals surface area contributed by atoms with Gasteiger partial charge in [-0.2, -0.15) is 0 Å². The van der Waals surface area contributed by atoms with E-state index in [2.05, 4.69) is 13.2 Å². The number of aliphatic hydroxyl groups is 1. The third kappa shape index (κ3) is 3.37. The quantitative estimate of drug-likeness (QED) is 0.613. The molecule has 0 aromatic heterocycles. The van der Waals surface area contributed by atoms with Crippen molar-refractivity contribution in [3.8, 4) is 11.5 Å². The van der Waals surface area contributed by atoms with E-state index in [1.165, 1.54) is 45.6 Å². The molecular weight excluding hydrogens is 323 g/mol. The van der Waals surface area contributed by atoms with E-state index in [1.807, 2.05) is 0 Å². The largest absolute Gasteiger partial charge is 0.497 e. The van der Waals surface area contributed by atoms with Gasteiger partial charge >= 0.3 is 0 Å². The molecule has 0 saturated carbocycles. The molecule has 5 heteroatoms. The maximum absolute atomic E-state index is 13.4. The van der Waals surface area contributed by atoms with Crippen LogP contribution >= 0.6 is 0 Å². The van der Waals surface area contributed by atoms with Crippen molar-refractivity contribution in [1.29, 1.82) is 0 Å². The Bertz CT molecular complexity index is 783. The molecule has 1 N–H and O–H groups in total. The molecule has 0 aliphatic carbocycles. The summed E-state index contributed by atoms with van der Waals surface area (Å²) >= 11 is 0. The first kappa shape index (κ1) is 18.5. The minimum atomic E-state index is -1.72. The van der Waals surface area contributed by atoms with E-state index < -0.39 is 11.4 Å². The van der Waals surface area contributed by atoms with Crippen molar-refractivity contribution >= 4 is 0 Å². The lowest BCUT2D eigenvalue weighted by Gasteiger charge is -2.33. The van der Waals surface area contributed by atoms with Crippen molar-refractivity contribution in [3.05, 3.63) is 83.9 Å². The smallest absolute Gasteiger partial charge is 0.147 e. The molecule has 0 aliphatic heterocycles. The predicted molar refractivity (Wildman–Crippen MR) is 94.2 cm³/mol. The fourth-order valence-corrected chi connectivity index (χ4v) is 2.61. The van der Waals surface area contributed by atoms with E-state index in [1.54, 1.807) is 18.2 Å². The SMILES string of the molecule is C=C(OC)C(=C)C(O)(c1ccc(F)cc1)c1ccc(OC)cc1OC. The Hall–Kier alpha value is -2.79. The normalized spacial score (nSPS) is 12.8. The number of benzene rings is 2. The van der Waals surface area contributed by atoms with Crippen LogP contribution in [-0.4, -0.2) is 26.4 Å². The second-order valence-electron chi connectivity index (χ2n) is 5.39. The molecule has 0 fully saturated rings. The Morgan fingerprint density at radius 3 is 2.16 bits per heavy atom. The first-order valence-corrected chi connectivity index (χ1v) is 7.52. The molecule has 0 saturated heterocycles. The van der Waals surface area contributed by atoms with Crippen LogP contribution in [0.3, 0.4) is 0 Å². The van der Waals surface area contributed by atoms with Crippen LogP contribution in [0.25, 0.3) is 0 Å². The van der Waals surface area contributed by atoms with Crippen molar-refractivity contribution in [2.45, 2.75) is 5.60 Å². The topological polar surface area (TPSA) is 47.9 Å². The number of hydrogen-bond donors (Lipinski definition) is 1. The zero-order valence-electron chi connectivity index (χ0n) is 14.5. The number of halogens is 1. The van der Waals surface area contributed by atoms with Crippen molar-refractivity contribution in [2.75, 3.05) is 21.3 Å². The molecule has 132 valence electrons. The number of rotatable bonds is 7. The highest BCUT2D eigenvalue weighted by atomic mass is 19.1. The van der Waals surface area contributed by atoms with Crippen LogP contribution in [0.15, 0.2) is 67.0 Å². The van der Waals surface area contributed by atoms with Gasteiger partial charge in [0.05, 0.1) is 21.3 Å². The second kappa shape index (κ2) is 7.40. The molecule has 1 atom stereocenters. The summed E-state index contributed by atoms with van der Waals surface area (Å²) in [5, 5.41) is 11.6. The van der Waals surface area contributed by atoms with Gasteiger partial charge < -0.3 is 19.3 Å². The van der Waals surface area contributed by atoms with Crippen LogP contribution in [0.5, 0.6) is 11.5 Å². The highest BCUT2D eigenvalue weighted by Crippen LogP contribution is 2.44. The average molecular weight is 344 g/mol. The van der Waals surface area contributed by atoms with Gasteiger partial charge in [0, 0.05) is 17.2 Å². The lowest BCUT2D eigenvalue weighted by atomic mass is 9.79. The molecule has 0 spiro atoms. The molecule has 25 heavy (non-hydrogen) atoms. The molecule has 0 radical (unpaired) electrons. The van der Waals surface area contributed by atoms with Crippen molar-refractivity contribution in [1.82, 2.24) is 0 Å². The van der Waals surface area contributed by atoms with E-state index in [-0.39, 0.29) is 11.3 Å². The van der Waals surface area contributed by atoms with E-state index in [4.69, 9.17) is 14.2 Å². The molecular formula is C20H21FO4. The van der Waals surface area contributed by atoms with Gasteiger partial charge in [0.1, 0.15) is 28.7 Å². The summed E-state index contributed by atoms with van der Waals surface area (Å²) in [4.78, 5) is 0. The molecule has 0 amide bonds. The van der Waals surface area contributed by atoms with Crippen LogP contribution in [0, 0.1) is 5.82 Å². The first-order valence-electron chi connectivity index (χ1n) is 7.52. The van der Waals surface area contributed by atoms with Crippen LogP contribution in [0.4, 0.5) is 4.39 Å². The number of methoxy groups -OCH3 is 3. The van der Waals surface area contributed by atoms with Crippen LogP contribution in [0.2, 0.25) is 0 Å². The summed E-state index contributed by atoms with van der Waals surface area (Å²) in [5.41, 5.74) is -0.699. The van der Waals surface area contributed by atoms with E-state index in [9.17, 15) is 9.50 Å². The second-order valence-corrected chi connectivity index (χ2v) is 5.39. The molecule has 2 aromatic carbocycles. The molecule has 1 unspecified atom stereocenters. The van der Waals surface area contributed by atoms with Crippen molar-refractivity contribution < 1.29 is 23.7 Å². The lowest BCUT2D eigenvalue weighted by Crippen LogP contribution is -2.31. The molecule has 0 bridgehead atoms. The molecule has 2 rings (SSSR count). The minimum absolute atomic E-state index is 0.199. The Morgan fingerprint density at radius 1 is 1.00 bits per heavy atom. The van der Waals surface area contributed by atoms with Gasteiger partial charge in [0.25, 0.3) is 0 Å². The van der Waals surface area contributed by atoms with Gasteiger partial charge in [-0.3, -0.25) is 0 Å². The Kier molecular flexibility index (Phi) is 5.49. The van der Waals surface area contributed by atoms with E-state index >= 15 is 0 Å². The summed E-state index contributed by atoms with van der Waals surface area (Å²) in [6.45, 7) is 7.71. The predicted octanol–water partition coefficient (Wildman–Crippen LogP) is 3.80. The van der Waals surface area contributed by atoms with E-state index in [0.717, 1.165) is 0 Å². The van der Waals surface area contributed by atoms with Crippen molar-refractivity contribution in [2.24, 2.45) is 0 Å². The number of hydrogen-bond acceptors (Lipinski definition) is 4. The maximum atomic E-state index is 13.4. The lowest BCUT2D eigenvalue weighted by molar-refractivity contribution is 0.110. The van der Waals surface area contributed by atoms with Gasteiger partial charge in [-0.25, -0.2) is 4.39 Å².